The van der Waals surface area contributed by atoms with Gasteiger partial charge in [0.2, 0.25) is 0 Å². The van der Waals surface area contributed by atoms with E-state index in [2.05, 4.69) is 21.2 Å². The predicted molar refractivity (Wildman–Crippen MR) is 74.8 cm³/mol. The van der Waals surface area contributed by atoms with E-state index in [1.54, 1.807) is 6.26 Å². The normalized spacial score (nSPS) is 10.6. The second-order valence-corrected chi connectivity index (χ2v) is 4.87. The van der Waals surface area contributed by atoms with Gasteiger partial charge >= 0.3 is 0 Å². The molecule has 1 aromatic carbocycles. The van der Waals surface area contributed by atoms with Crippen molar-refractivity contribution in [1.82, 2.24) is 5.32 Å². The smallest absolute Gasteiger partial charge is 0.119 e. The summed E-state index contributed by atoms with van der Waals surface area (Å²) < 4.78 is 12.0. The molecule has 0 unspecified atom stereocenters. The number of aryl methyl sites for hydroxylation is 1. The third kappa shape index (κ3) is 3.89. The maximum atomic E-state index is 5.65. The molecule has 0 spiro atoms. The van der Waals surface area contributed by atoms with E-state index in [-0.39, 0.29) is 0 Å². The van der Waals surface area contributed by atoms with E-state index < -0.39 is 0 Å². The van der Waals surface area contributed by atoms with E-state index in [9.17, 15) is 0 Å². The molecule has 4 heteroatoms. The van der Waals surface area contributed by atoms with Gasteiger partial charge in [0.1, 0.15) is 18.1 Å². The van der Waals surface area contributed by atoms with Crippen LogP contribution in [-0.2, 0) is 6.54 Å². The molecule has 0 radical (unpaired) electrons. The van der Waals surface area contributed by atoms with Crippen molar-refractivity contribution in [2.75, 3.05) is 13.2 Å². The third-order valence-electron chi connectivity index (χ3n) is 2.56. The Labute approximate surface area is 115 Å². The largest absolute Gasteiger partial charge is 0.492 e. The van der Waals surface area contributed by atoms with Gasteiger partial charge in [-0.3, -0.25) is 0 Å². The Balaban J connectivity index is 1.67. The number of hydrogen-bond acceptors (Lipinski definition) is 3. The molecule has 0 saturated carbocycles. The molecule has 3 nitrogen and oxygen atoms in total. The highest BCUT2D eigenvalue weighted by Crippen LogP contribution is 2.21. The van der Waals surface area contributed by atoms with Crippen LogP contribution in [0.1, 0.15) is 11.3 Å². The van der Waals surface area contributed by atoms with Crippen LogP contribution in [0.5, 0.6) is 5.75 Å². The number of benzene rings is 1. The first-order valence-electron chi connectivity index (χ1n) is 5.88. The highest BCUT2D eigenvalue weighted by molar-refractivity contribution is 9.10. The number of ether oxygens (including phenoxy) is 1. The van der Waals surface area contributed by atoms with Gasteiger partial charge in [-0.15, -0.1) is 0 Å². The zero-order valence-corrected chi connectivity index (χ0v) is 11.9. The van der Waals surface area contributed by atoms with Gasteiger partial charge in [0.05, 0.1) is 12.8 Å². The van der Waals surface area contributed by atoms with E-state index in [0.29, 0.717) is 6.61 Å². The molecule has 0 atom stereocenters. The van der Waals surface area contributed by atoms with Gasteiger partial charge in [0.25, 0.3) is 0 Å². The van der Waals surface area contributed by atoms with Crippen molar-refractivity contribution in [3.8, 4) is 5.75 Å². The first-order valence-corrected chi connectivity index (χ1v) is 6.67. The second kappa shape index (κ2) is 6.61. The average molecular weight is 310 g/mol. The molecule has 18 heavy (non-hydrogen) atoms. The minimum absolute atomic E-state index is 0.641. The molecule has 0 amide bonds. The molecule has 1 N–H and O–H groups in total. The minimum Gasteiger partial charge on any atom is -0.492 e. The zero-order chi connectivity index (χ0) is 12.8. The molecule has 0 bridgehead atoms. The van der Waals surface area contributed by atoms with Crippen LogP contribution in [0.4, 0.5) is 0 Å². The number of furan rings is 1. The summed E-state index contributed by atoms with van der Waals surface area (Å²) in [5.74, 6) is 1.84. The van der Waals surface area contributed by atoms with E-state index in [1.807, 2.05) is 37.3 Å². The van der Waals surface area contributed by atoms with Crippen LogP contribution < -0.4 is 10.1 Å². The molecule has 0 aliphatic carbocycles. The number of rotatable bonds is 6. The van der Waals surface area contributed by atoms with Gasteiger partial charge < -0.3 is 14.5 Å². The Morgan fingerprint density at radius 3 is 2.94 bits per heavy atom. The Bertz CT molecular complexity index is 483. The molecule has 96 valence electrons. The summed E-state index contributed by atoms with van der Waals surface area (Å²) in [6, 6.07) is 9.82. The van der Waals surface area contributed by atoms with Crippen molar-refractivity contribution in [1.29, 1.82) is 0 Å². The van der Waals surface area contributed by atoms with E-state index in [4.69, 9.17) is 9.15 Å². The highest BCUT2D eigenvalue weighted by atomic mass is 79.9. The van der Waals surface area contributed by atoms with Gasteiger partial charge in [-0.2, -0.15) is 0 Å². The van der Waals surface area contributed by atoms with Gasteiger partial charge in [0, 0.05) is 11.0 Å². The molecular weight excluding hydrogens is 294 g/mol. The Morgan fingerprint density at radius 2 is 2.22 bits per heavy atom. The molecule has 1 aromatic heterocycles. The molecule has 0 saturated heterocycles. The first-order chi connectivity index (χ1) is 8.75. The summed E-state index contributed by atoms with van der Waals surface area (Å²) in [6.07, 6.45) is 1.68. The van der Waals surface area contributed by atoms with Gasteiger partial charge in [-0.1, -0.05) is 15.9 Å². The van der Waals surface area contributed by atoms with Crippen LogP contribution in [0.2, 0.25) is 0 Å². The van der Waals surface area contributed by atoms with Crippen molar-refractivity contribution in [3.63, 3.8) is 0 Å². The quantitative estimate of drug-likeness (QED) is 0.829. The van der Waals surface area contributed by atoms with Crippen LogP contribution in [0.15, 0.2) is 45.5 Å². The molecule has 1 heterocycles. The summed E-state index contributed by atoms with van der Waals surface area (Å²) in [5.41, 5.74) is 1.18. The Hall–Kier alpha value is -1.26. The third-order valence-corrected chi connectivity index (χ3v) is 3.45. The Morgan fingerprint density at radius 1 is 1.33 bits per heavy atom. The summed E-state index contributed by atoms with van der Waals surface area (Å²) in [5, 5.41) is 3.26. The van der Waals surface area contributed by atoms with Crippen LogP contribution >= 0.6 is 15.9 Å². The van der Waals surface area contributed by atoms with Crippen molar-refractivity contribution in [2.45, 2.75) is 13.5 Å². The molecule has 0 aliphatic rings. The Kier molecular flexibility index (Phi) is 4.84. The lowest BCUT2D eigenvalue weighted by Gasteiger charge is -2.08. The maximum absolute atomic E-state index is 5.65. The fraction of sp³-hybridized carbons (Fsp3) is 0.286. The van der Waals surface area contributed by atoms with E-state index in [0.717, 1.165) is 29.1 Å². The van der Waals surface area contributed by atoms with E-state index >= 15 is 0 Å². The number of nitrogens with one attached hydrogen (secondary N) is 1. The predicted octanol–water partition coefficient (Wildman–Crippen LogP) is 3.52. The summed E-state index contributed by atoms with van der Waals surface area (Å²) in [7, 11) is 0. The van der Waals surface area contributed by atoms with Crippen LogP contribution in [-0.4, -0.2) is 13.2 Å². The second-order valence-electron chi connectivity index (χ2n) is 4.02. The molecule has 0 aliphatic heterocycles. The fourth-order valence-electron chi connectivity index (χ4n) is 1.57. The highest BCUT2D eigenvalue weighted by Gasteiger charge is 1.98. The summed E-state index contributed by atoms with van der Waals surface area (Å²) >= 11 is 3.47. The monoisotopic (exact) mass is 309 g/mol. The van der Waals surface area contributed by atoms with Crippen molar-refractivity contribution >= 4 is 15.9 Å². The number of hydrogen-bond donors (Lipinski definition) is 1. The standard InChI is InChI=1S/C14H16BrNO2/c1-11-9-12(4-5-14(11)15)18-8-6-16-10-13-3-2-7-17-13/h2-5,7,9,16H,6,8,10H2,1H3. The molecule has 0 fully saturated rings. The lowest BCUT2D eigenvalue weighted by atomic mass is 10.2. The number of halogens is 1. The van der Waals surface area contributed by atoms with Crippen molar-refractivity contribution in [3.05, 3.63) is 52.4 Å². The lowest BCUT2D eigenvalue weighted by Crippen LogP contribution is -2.20. The first kappa shape index (κ1) is 13.2. The van der Waals surface area contributed by atoms with Gasteiger partial charge in [-0.25, -0.2) is 0 Å². The topological polar surface area (TPSA) is 34.4 Å². The van der Waals surface area contributed by atoms with Crippen molar-refractivity contribution < 1.29 is 9.15 Å². The van der Waals surface area contributed by atoms with E-state index in [1.165, 1.54) is 5.56 Å². The SMILES string of the molecule is Cc1cc(OCCNCc2ccco2)ccc1Br. The summed E-state index contributed by atoms with van der Waals surface area (Å²) in [4.78, 5) is 0. The molecular formula is C14H16BrNO2. The van der Waals surface area contributed by atoms with Gasteiger partial charge in [0.15, 0.2) is 0 Å². The van der Waals surface area contributed by atoms with Crippen molar-refractivity contribution in [2.24, 2.45) is 0 Å². The average Bonchev–Trinajstić information content (AvgIpc) is 2.86. The molecule has 2 rings (SSSR count). The van der Waals surface area contributed by atoms with Crippen LogP contribution in [0.3, 0.4) is 0 Å². The minimum atomic E-state index is 0.641. The summed E-state index contributed by atoms with van der Waals surface area (Å²) in [6.45, 7) is 4.21. The fourth-order valence-corrected chi connectivity index (χ4v) is 1.82. The molecule has 2 aromatic rings. The maximum Gasteiger partial charge on any atom is 0.119 e. The lowest BCUT2D eigenvalue weighted by molar-refractivity contribution is 0.310. The van der Waals surface area contributed by atoms with Crippen LogP contribution in [0.25, 0.3) is 0 Å². The van der Waals surface area contributed by atoms with Gasteiger partial charge in [-0.05, 0) is 42.8 Å². The van der Waals surface area contributed by atoms with Crippen LogP contribution in [0, 0.1) is 6.92 Å². The zero-order valence-electron chi connectivity index (χ0n) is 10.3.